The van der Waals surface area contributed by atoms with Crippen molar-refractivity contribution in [2.45, 2.75) is 123 Å². The van der Waals surface area contributed by atoms with Gasteiger partial charge in [0.15, 0.2) is 6.10 Å². The Labute approximate surface area is 223 Å². The third kappa shape index (κ3) is 16.5. The molecule has 2 atom stereocenters. The Morgan fingerprint density at radius 1 is 0.865 bits per heavy atom. The minimum Gasteiger partial charge on any atom is -0.464 e. The van der Waals surface area contributed by atoms with E-state index in [4.69, 9.17) is 9.47 Å². The van der Waals surface area contributed by atoms with Crippen molar-refractivity contribution in [3.05, 3.63) is 29.6 Å². The second-order valence-corrected chi connectivity index (χ2v) is 9.53. The molecule has 0 aliphatic rings. The number of hydrogen-bond donors (Lipinski definition) is 1. The molecule has 1 heterocycles. The third-order valence-corrected chi connectivity index (χ3v) is 5.95. The van der Waals surface area contributed by atoms with Gasteiger partial charge in [0.2, 0.25) is 5.91 Å². The molecule has 0 fully saturated rings. The number of carbonyl (C=O) groups is 3. The van der Waals surface area contributed by atoms with Gasteiger partial charge in [0, 0.05) is 27.2 Å². The van der Waals surface area contributed by atoms with E-state index in [0.717, 1.165) is 12.8 Å². The molecule has 0 radical (unpaired) electrons. The Bertz CT molecular complexity index is 874. The number of nitrogens with one attached hydrogen (secondary N) is 1. The molecular weight excluding hydrogens is 468 g/mol. The van der Waals surface area contributed by atoms with Crippen molar-refractivity contribution in [3.8, 4) is 11.8 Å². The molecule has 1 rings (SSSR count). The largest absolute Gasteiger partial charge is 0.464 e. The summed E-state index contributed by atoms with van der Waals surface area (Å²) >= 11 is 0. The number of ether oxygens (including phenoxy) is 2. The van der Waals surface area contributed by atoms with Crippen molar-refractivity contribution in [3.63, 3.8) is 0 Å². The van der Waals surface area contributed by atoms with E-state index < -0.39 is 24.1 Å². The number of aromatic nitrogens is 1. The number of hydrogen-bond acceptors (Lipinski definition) is 6. The molecule has 7 nitrogen and oxygen atoms in total. The summed E-state index contributed by atoms with van der Waals surface area (Å²) in [5, 5.41) is 2.69. The van der Waals surface area contributed by atoms with Gasteiger partial charge in [-0.15, -0.1) is 0 Å². The van der Waals surface area contributed by atoms with Crippen LogP contribution in [0.1, 0.15) is 129 Å². The first kappa shape index (κ1) is 32.1. The van der Waals surface area contributed by atoms with Gasteiger partial charge in [-0.25, -0.2) is 4.98 Å². The maximum atomic E-state index is 11.8. The van der Waals surface area contributed by atoms with Crippen LogP contribution < -0.4 is 5.32 Å². The zero-order valence-electron chi connectivity index (χ0n) is 23.3. The molecule has 0 aliphatic heterocycles. The molecule has 7 heteroatoms. The van der Waals surface area contributed by atoms with Crippen LogP contribution >= 0.6 is 0 Å². The number of unbranched alkanes of at least 4 members (excludes halogenated alkanes) is 12. The minimum atomic E-state index is -0.918. The fourth-order valence-electron chi connectivity index (χ4n) is 4.09. The lowest BCUT2D eigenvalue weighted by atomic mass is 10.0. The first-order chi connectivity index (χ1) is 17.8. The highest BCUT2D eigenvalue weighted by Crippen LogP contribution is 2.21. The number of carbonyl (C=O) groups excluding carboxylic acids is 3. The van der Waals surface area contributed by atoms with E-state index in [1.807, 2.05) is 0 Å². The highest BCUT2D eigenvalue weighted by molar-refractivity contribution is 5.73. The molecule has 0 saturated carbocycles. The van der Waals surface area contributed by atoms with E-state index in [9.17, 15) is 14.4 Å². The van der Waals surface area contributed by atoms with Crippen LogP contribution in [0, 0.1) is 11.8 Å². The number of amides is 1. The smallest absolute Gasteiger partial charge is 0.303 e. The summed E-state index contributed by atoms with van der Waals surface area (Å²) in [5.74, 6) is 4.90. The van der Waals surface area contributed by atoms with E-state index in [1.165, 1.54) is 91.4 Å². The topological polar surface area (TPSA) is 94.6 Å². The summed E-state index contributed by atoms with van der Waals surface area (Å²) in [5.41, 5.74) is 0.987. The summed E-state index contributed by atoms with van der Waals surface area (Å²) < 4.78 is 10.5. The van der Waals surface area contributed by atoms with Crippen molar-refractivity contribution in [2.75, 3.05) is 6.61 Å². The van der Waals surface area contributed by atoms with Crippen molar-refractivity contribution in [2.24, 2.45) is 0 Å². The van der Waals surface area contributed by atoms with Crippen LogP contribution in [0.15, 0.2) is 18.2 Å². The normalized spacial score (nSPS) is 12.1. The lowest BCUT2D eigenvalue weighted by Crippen LogP contribution is -2.43. The lowest BCUT2D eigenvalue weighted by Gasteiger charge is -2.26. The quantitative estimate of drug-likeness (QED) is 0.142. The lowest BCUT2D eigenvalue weighted by molar-refractivity contribution is -0.152. The molecule has 1 aromatic heterocycles. The van der Waals surface area contributed by atoms with Crippen LogP contribution in [0.25, 0.3) is 0 Å². The van der Waals surface area contributed by atoms with Crippen LogP contribution in [0.4, 0.5) is 0 Å². The van der Waals surface area contributed by atoms with Gasteiger partial charge in [0.05, 0.1) is 5.69 Å². The molecule has 1 N–H and O–H groups in total. The van der Waals surface area contributed by atoms with E-state index in [2.05, 4.69) is 29.1 Å². The van der Waals surface area contributed by atoms with Crippen molar-refractivity contribution < 1.29 is 23.9 Å². The van der Waals surface area contributed by atoms with Crippen LogP contribution in [0.5, 0.6) is 0 Å². The Balaban J connectivity index is 2.54. The maximum Gasteiger partial charge on any atom is 0.303 e. The molecule has 0 saturated heterocycles. The van der Waals surface area contributed by atoms with E-state index >= 15 is 0 Å². The van der Waals surface area contributed by atoms with Gasteiger partial charge < -0.3 is 14.8 Å². The minimum absolute atomic E-state index is 0.149. The van der Waals surface area contributed by atoms with Gasteiger partial charge in [-0.1, -0.05) is 89.5 Å². The summed E-state index contributed by atoms with van der Waals surface area (Å²) in [6.45, 7) is 6.00. The average molecular weight is 515 g/mol. The Hall–Kier alpha value is -2.88. The molecule has 1 amide bonds. The molecule has 0 bridgehead atoms. The first-order valence-electron chi connectivity index (χ1n) is 13.9. The zero-order chi connectivity index (χ0) is 27.3. The van der Waals surface area contributed by atoms with Crippen molar-refractivity contribution in [1.29, 1.82) is 0 Å². The fraction of sp³-hybridized carbons (Fsp3) is 0.667. The van der Waals surface area contributed by atoms with Gasteiger partial charge in [0.25, 0.3) is 0 Å². The van der Waals surface area contributed by atoms with Crippen molar-refractivity contribution in [1.82, 2.24) is 10.3 Å². The Morgan fingerprint density at radius 2 is 1.46 bits per heavy atom. The number of rotatable bonds is 18. The Morgan fingerprint density at radius 3 is 2.00 bits per heavy atom. The van der Waals surface area contributed by atoms with Gasteiger partial charge >= 0.3 is 11.9 Å². The molecule has 0 aromatic carbocycles. The predicted molar refractivity (Wildman–Crippen MR) is 146 cm³/mol. The summed E-state index contributed by atoms with van der Waals surface area (Å²) in [4.78, 5) is 39.3. The van der Waals surface area contributed by atoms with Crippen LogP contribution in [0.2, 0.25) is 0 Å². The summed E-state index contributed by atoms with van der Waals surface area (Å²) in [6.07, 6.45) is 15.6. The molecule has 2 unspecified atom stereocenters. The zero-order valence-corrected chi connectivity index (χ0v) is 23.3. The van der Waals surface area contributed by atoms with E-state index in [1.54, 1.807) is 18.2 Å². The number of pyridine rings is 1. The SMILES string of the molecule is CCCCCCCCCCCCCCC#Cc1cccc(C(OC(C)=O)C(COC(C)=O)NC(C)=O)n1. The highest BCUT2D eigenvalue weighted by Gasteiger charge is 2.29. The number of nitrogens with zero attached hydrogens (tertiary/aromatic N) is 1. The van der Waals surface area contributed by atoms with Gasteiger partial charge in [-0.05, 0) is 24.5 Å². The summed E-state index contributed by atoms with van der Waals surface area (Å²) in [6, 6.07) is 4.50. The van der Waals surface area contributed by atoms with Gasteiger partial charge in [-0.3, -0.25) is 14.4 Å². The Kier molecular flexibility index (Phi) is 17.6. The van der Waals surface area contributed by atoms with Gasteiger partial charge in [0.1, 0.15) is 18.3 Å². The first-order valence-corrected chi connectivity index (χ1v) is 13.9. The van der Waals surface area contributed by atoms with Gasteiger partial charge in [-0.2, -0.15) is 0 Å². The molecule has 1 aromatic rings. The van der Waals surface area contributed by atoms with E-state index in [-0.39, 0.29) is 12.5 Å². The molecule has 206 valence electrons. The average Bonchev–Trinajstić information content (AvgIpc) is 2.85. The molecule has 0 spiro atoms. The second kappa shape index (κ2) is 20.2. The molecule has 0 aliphatic carbocycles. The number of esters is 2. The third-order valence-electron chi connectivity index (χ3n) is 5.95. The van der Waals surface area contributed by atoms with Crippen molar-refractivity contribution >= 4 is 17.8 Å². The maximum absolute atomic E-state index is 11.8. The standard InChI is InChI=1S/C30H46N2O5/c1-5-6-7-8-9-10-11-12-13-14-15-16-17-18-20-27-21-19-22-28(32-27)30(37-26(4)35)29(31-24(2)33)23-36-25(3)34/h19,21-22,29-30H,5-17,23H2,1-4H3,(H,31,33). The molecule has 37 heavy (non-hydrogen) atoms. The van der Waals surface area contributed by atoms with Crippen LogP contribution in [-0.2, 0) is 23.9 Å². The van der Waals surface area contributed by atoms with E-state index in [0.29, 0.717) is 11.4 Å². The fourth-order valence-corrected chi connectivity index (χ4v) is 4.09. The predicted octanol–water partition coefficient (Wildman–Crippen LogP) is 6.20. The molecular formula is C30H46N2O5. The second-order valence-electron chi connectivity index (χ2n) is 9.53. The monoisotopic (exact) mass is 514 g/mol. The summed E-state index contributed by atoms with van der Waals surface area (Å²) in [7, 11) is 0. The van der Waals surface area contributed by atoms with Crippen LogP contribution in [-0.4, -0.2) is 35.5 Å². The highest BCUT2D eigenvalue weighted by atomic mass is 16.6. The van der Waals surface area contributed by atoms with Crippen LogP contribution in [0.3, 0.4) is 0 Å².